The van der Waals surface area contributed by atoms with E-state index in [1.165, 1.54) is 16.7 Å². The van der Waals surface area contributed by atoms with E-state index in [0.717, 1.165) is 12.8 Å². The molecule has 2 rings (SSSR count). The normalized spacial score (nSPS) is 19.2. The van der Waals surface area contributed by atoms with Gasteiger partial charge in [0.05, 0.1) is 0 Å². The molecule has 12 heavy (non-hydrogen) atoms. The van der Waals surface area contributed by atoms with Crippen molar-refractivity contribution in [1.29, 1.82) is 0 Å². The third-order valence-corrected chi connectivity index (χ3v) is 2.77. The smallest absolute Gasteiger partial charge is 0.0416 e. The molecule has 0 bridgehead atoms. The van der Waals surface area contributed by atoms with Crippen LogP contribution in [0.5, 0.6) is 0 Å². The molecule has 1 aliphatic carbocycles. The standard InChI is InChI=1S/C11H15N/c1-8-4-3-5-9(2)10(8)11(12)6-7-11/h3-5H,6-7,12H2,1-2H3. The second-order valence-corrected chi connectivity index (χ2v) is 3.92. The van der Waals surface area contributed by atoms with Gasteiger partial charge in [-0.15, -0.1) is 0 Å². The van der Waals surface area contributed by atoms with E-state index in [9.17, 15) is 0 Å². The Hall–Kier alpha value is -0.820. The molecule has 0 spiro atoms. The minimum absolute atomic E-state index is 0.0232. The average molecular weight is 161 g/mol. The van der Waals surface area contributed by atoms with Gasteiger partial charge in [-0.1, -0.05) is 18.2 Å². The molecule has 0 unspecified atom stereocenters. The van der Waals surface area contributed by atoms with Gasteiger partial charge >= 0.3 is 0 Å². The van der Waals surface area contributed by atoms with Crippen LogP contribution in [-0.4, -0.2) is 0 Å². The van der Waals surface area contributed by atoms with E-state index in [2.05, 4.69) is 32.0 Å². The molecule has 1 aromatic carbocycles. The monoisotopic (exact) mass is 161 g/mol. The zero-order chi connectivity index (χ0) is 8.77. The molecule has 64 valence electrons. The van der Waals surface area contributed by atoms with Crippen LogP contribution in [0, 0.1) is 13.8 Å². The molecule has 0 amide bonds. The first-order valence-corrected chi connectivity index (χ1v) is 4.49. The first-order valence-electron chi connectivity index (χ1n) is 4.49. The molecule has 0 aliphatic heterocycles. The van der Waals surface area contributed by atoms with Crippen molar-refractivity contribution < 1.29 is 0 Å². The van der Waals surface area contributed by atoms with E-state index in [1.807, 2.05) is 0 Å². The minimum atomic E-state index is 0.0232. The number of rotatable bonds is 1. The molecule has 0 radical (unpaired) electrons. The molecule has 1 fully saturated rings. The molecular formula is C11H15N. The van der Waals surface area contributed by atoms with Gasteiger partial charge in [0.1, 0.15) is 0 Å². The lowest BCUT2D eigenvalue weighted by Crippen LogP contribution is -2.21. The minimum Gasteiger partial charge on any atom is -0.321 e. The summed E-state index contributed by atoms with van der Waals surface area (Å²) in [6.07, 6.45) is 2.30. The third-order valence-electron chi connectivity index (χ3n) is 2.77. The SMILES string of the molecule is Cc1cccc(C)c1C1(N)CC1. The predicted octanol–water partition coefficient (Wildman–Crippen LogP) is 2.25. The van der Waals surface area contributed by atoms with Crippen LogP contribution in [0.25, 0.3) is 0 Å². The number of hydrogen-bond donors (Lipinski definition) is 1. The van der Waals surface area contributed by atoms with Crippen molar-refractivity contribution in [2.24, 2.45) is 5.73 Å². The Morgan fingerprint density at radius 2 is 1.67 bits per heavy atom. The topological polar surface area (TPSA) is 26.0 Å². The summed E-state index contributed by atoms with van der Waals surface area (Å²) in [6, 6.07) is 6.39. The maximum atomic E-state index is 6.17. The van der Waals surface area contributed by atoms with Gasteiger partial charge in [-0.25, -0.2) is 0 Å². The lowest BCUT2D eigenvalue weighted by molar-refractivity contribution is 0.726. The highest BCUT2D eigenvalue weighted by Crippen LogP contribution is 2.45. The van der Waals surface area contributed by atoms with E-state index in [0.29, 0.717) is 0 Å². The van der Waals surface area contributed by atoms with Gasteiger partial charge in [0.25, 0.3) is 0 Å². The van der Waals surface area contributed by atoms with Crippen LogP contribution in [0.2, 0.25) is 0 Å². The summed E-state index contributed by atoms with van der Waals surface area (Å²) in [7, 11) is 0. The Morgan fingerprint density at radius 3 is 2.08 bits per heavy atom. The fourth-order valence-corrected chi connectivity index (χ4v) is 1.98. The van der Waals surface area contributed by atoms with Crippen molar-refractivity contribution in [3.05, 3.63) is 34.9 Å². The van der Waals surface area contributed by atoms with E-state index in [-0.39, 0.29) is 5.54 Å². The first-order chi connectivity index (χ1) is 5.63. The Labute approximate surface area is 73.6 Å². The number of hydrogen-bond acceptors (Lipinski definition) is 1. The van der Waals surface area contributed by atoms with Gasteiger partial charge in [0.15, 0.2) is 0 Å². The van der Waals surface area contributed by atoms with Crippen molar-refractivity contribution in [2.75, 3.05) is 0 Å². The summed E-state index contributed by atoms with van der Waals surface area (Å²) in [5.41, 5.74) is 10.3. The van der Waals surface area contributed by atoms with Crippen LogP contribution in [0.3, 0.4) is 0 Å². The zero-order valence-electron chi connectivity index (χ0n) is 7.72. The van der Waals surface area contributed by atoms with Crippen molar-refractivity contribution in [1.82, 2.24) is 0 Å². The van der Waals surface area contributed by atoms with E-state index in [1.54, 1.807) is 0 Å². The lowest BCUT2D eigenvalue weighted by atomic mass is 9.95. The van der Waals surface area contributed by atoms with Crippen molar-refractivity contribution in [3.8, 4) is 0 Å². The molecule has 0 aromatic heterocycles. The Balaban J connectivity index is 2.55. The molecule has 0 atom stereocenters. The van der Waals surface area contributed by atoms with Gasteiger partial charge in [-0.2, -0.15) is 0 Å². The van der Waals surface area contributed by atoms with Gasteiger partial charge in [0.2, 0.25) is 0 Å². The van der Waals surface area contributed by atoms with Crippen LogP contribution in [0.4, 0.5) is 0 Å². The Morgan fingerprint density at radius 1 is 1.17 bits per heavy atom. The average Bonchev–Trinajstić information content (AvgIpc) is 2.68. The summed E-state index contributed by atoms with van der Waals surface area (Å²) in [5.74, 6) is 0. The summed E-state index contributed by atoms with van der Waals surface area (Å²) >= 11 is 0. The van der Waals surface area contributed by atoms with Crippen molar-refractivity contribution in [3.63, 3.8) is 0 Å². The number of aryl methyl sites for hydroxylation is 2. The highest BCUT2D eigenvalue weighted by Gasteiger charge is 2.41. The molecule has 0 saturated heterocycles. The zero-order valence-corrected chi connectivity index (χ0v) is 7.72. The summed E-state index contributed by atoms with van der Waals surface area (Å²) in [5, 5.41) is 0. The Kier molecular flexibility index (Phi) is 1.52. The first kappa shape index (κ1) is 7.81. The molecule has 1 nitrogen and oxygen atoms in total. The van der Waals surface area contributed by atoms with Gasteiger partial charge in [-0.3, -0.25) is 0 Å². The second kappa shape index (κ2) is 2.33. The fourth-order valence-electron chi connectivity index (χ4n) is 1.98. The van der Waals surface area contributed by atoms with Gasteiger partial charge < -0.3 is 5.73 Å². The van der Waals surface area contributed by atoms with E-state index < -0.39 is 0 Å². The van der Waals surface area contributed by atoms with E-state index in [4.69, 9.17) is 5.73 Å². The number of nitrogens with two attached hydrogens (primary N) is 1. The summed E-state index contributed by atoms with van der Waals surface area (Å²) in [6.45, 7) is 4.30. The van der Waals surface area contributed by atoms with Crippen molar-refractivity contribution >= 4 is 0 Å². The molecule has 1 heteroatoms. The van der Waals surface area contributed by atoms with Gasteiger partial charge in [-0.05, 0) is 43.4 Å². The van der Waals surface area contributed by atoms with Crippen molar-refractivity contribution in [2.45, 2.75) is 32.2 Å². The highest BCUT2D eigenvalue weighted by atomic mass is 14.8. The fraction of sp³-hybridized carbons (Fsp3) is 0.455. The molecule has 2 N–H and O–H groups in total. The molecular weight excluding hydrogens is 146 g/mol. The quantitative estimate of drug-likeness (QED) is 0.671. The predicted molar refractivity (Wildman–Crippen MR) is 51.0 cm³/mol. The second-order valence-electron chi connectivity index (χ2n) is 3.92. The molecule has 1 aromatic rings. The lowest BCUT2D eigenvalue weighted by Gasteiger charge is -2.15. The van der Waals surface area contributed by atoms with Gasteiger partial charge in [0, 0.05) is 5.54 Å². The largest absolute Gasteiger partial charge is 0.321 e. The third kappa shape index (κ3) is 1.05. The van der Waals surface area contributed by atoms with E-state index >= 15 is 0 Å². The maximum Gasteiger partial charge on any atom is 0.0416 e. The highest BCUT2D eigenvalue weighted by molar-refractivity contribution is 5.42. The van der Waals surface area contributed by atoms with Crippen LogP contribution in [0.1, 0.15) is 29.5 Å². The summed E-state index contributed by atoms with van der Waals surface area (Å²) in [4.78, 5) is 0. The molecule has 1 aliphatic rings. The molecule has 0 heterocycles. The number of benzene rings is 1. The van der Waals surface area contributed by atoms with Crippen LogP contribution in [-0.2, 0) is 5.54 Å². The van der Waals surface area contributed by atoms with Crippen LogP contribution in [0.15, 0.2) is 18.2 Å². The summed E-state index contributed by atoms with van der Waals surface area (Å²) < 4.78 is 0. The Bertz CT molecular complexity index is 291. The maximum absolute atomic E-state index is 6.17. The van der Waals surface area contributed by atoms with Crippen LogP contribution >= 0.6 is 0 Å². The molecule has 1 saturated carbocycles. The van der Waals surface area contributed by atoms with Crippen LogP contribution < -0.4 is 5.73 Å².